The molecule has 0 aliphatic carbocycles. The number of aromatic nitrogens is 1. The van der Waals surface area contributed by atoms with Crippen LogP contribution in [0.2, 0.25) is 5.02 Å². The third-order valence-electron chi connectivity index (χ3n) is 4.46. The van der Waals surface area contributed by atoms with Gasteiger partial charge in [-0.1, -0.05) is 41.9 Å². The van der Waals surface area contributed by atoms with Crippen molar-refractivity contribution in [3.63, 3.8) is 0 Å². The molecule has 0 saturated carbocycles. The van der Waals surface area contributed by atoms with Gasteiger partial charge in [0.1, 0.15) is 12.4 Å². The fourth-order valence-electron chi connectivity index (χ4n) is 2.83. The Morgan fingerprint density at radius 1 is 1.12 bits per heavy atom. The van der Waals surface area contributed by atoms with Gasteiger partial charge < -0.3 is 4.74 Å². The highest BCUT2D eigenvalue weighted by atomic mass is 35.5. The third kappa shape index (κ3) is 5.48. The number of halogens is 1. The summed E-state index contributed by atoms with van der Waals surface area (Å²) in [7, 11) is 0. The van der Waals surface area contributed by atoms with E-state index in [0.717, 1.165) is 22.4 Å². The highest BCUT2D eigenvalue weighted by molar-refractivity contribution is 7.14. The highest BCUT2D eigenvalue weighted by Gasteiger charge is 2.08. The predicted octanol–water partition coefficient (Wildman–Crippen LogP) is 6.40. The molecule has 160 valence electrons. The molecule has 1 heterocycles. The zero-order valence-corrected chi connectivity index (χ0v) is 18.2. The lowest BCUT2D eigenvalue weighted by Gasteiger charge is -2.08. The molecule has 0 bridgehead atoms. The summed E-state index contributed by atoms with van der Waals surface area (Å²) in [6.07, 6.45) is 1.68. The minimum Gasteiger partial charge on any atom is -0.489 e. The number of hydrazone groups is 1. The maximum absolute atomic E-state index is 10.8. The number of hydrogen-bond donors (Lipinski definition) is 1. The van der Waals surface area contributed by atoms with Gasteiger partial charge >= 0.3 is 0 Å². The highest BCUT2D eigenvalue weighted by Crippen LogP contribution is 2.26. The fourth-order valence-corrected chi connectivity index (χ4v) is 3.69. The number of benzene rings is 3. The van der Waals surface area contributed by atoms with E-state index in [1.54, 1.807) is 18.3 Å². The molecule has 0 atom stereocenters. The van der Waals surface area contributed by atoms with Crippen LogP contribution < -0.4 is 10.2 Å². The van der Waals surface area contributed by atoms with E-state index >= 15 is 0 Å². The minimum absolute atomic E-state index is 0.0463. The second-order valence-corrected chi connectivity index (χ2v) is 7.93. The fraction of sp³-hybridized carbons (Fsp3) is 0.0435. The molecule has 3 aromatic carbocycles. The first-order valence-corrected chi connectivity index (χ1v) is 10.8. The summed E-state index contributed by atoms with van der Waals surface area (Å²) in [5.74, 6) is 0.712. The number of nitrogens with zero attached hydrogens (tertiary/aromatic N) is 3. The van der Waals surface area contributed by atoms with Gasteiger partial charge in [0.05, 0.1) is 16.8 Å². The Labute approximate surface area is 193 Å². The Hall–Kier alpha value is -3.75. The number of hydrogen-bond acceptors (Lipinski definition) is 7. The van der Waals surface area contributed by atoms with Crippen LogP contribution in [0.1, 0.15) is 11.1 Å². The number of rotatable bonds is 8. The van der Waals surface area contributed by atoms with Crippen LogP contribution in [0.4, 0.5) is 10.8 Å². The molecule has 0 saturated heterocycles. The van der Waals surface area contributed by atoms with E-state index in [0.29, 0.717) is 22.5 Å². The Morgan fingerprint density at radius 3 is 2.72 bits per heavy atom. The van der Waals surface area contributed by atoms with Gasteiger partial charge in [0.25, 0.3) is 5.69 Å². The number of thiazole rings is 1. The first-order valence-electron chi connectivity index (χ1n) is 9.54. The maximum atomic E-state index is 10.8. The molecular formula is C23H17ClN4O3S. The molecule has 4 rings (SSSR count). The molecule has 0 radical (unpaired) electrons. The van der Waals surface area contributed by atoms with Crippen LogP contribution >= 0.6 is 22.9 Å². The summed E-state index contributed by atoms with van der Waals surface area (Å²) in [6, 6.07) is 21.4. The van der Waals surface area contributed by atoms with Crippen LogP contribution in [0.15, 0.2) is 83.3 Å². The largest absolute Gasteiger partial charge is 0.489 e. The summed E-state index contributed by atoms with van der Waals surface area (Å²) in [6.45, 7) is 0.378. The molecule has 0 amide bonds. The van der Waals surface area contributed by atoms with Gasteiger partial charge in [-0.25, -0.2) is 4.98 Å². The van der Waals surface area contributed by atoms with Gasteiger partial charge in [-0.05, 0) is 35.9 Å². The Balaban J connectivity index is 1.36. The number of non-ortho nitro benzene ring substituents is 1. The first kappa shape index (κ1) is 21.5. The molecule has 1 N–H and O–H groups in total. The van der Waals surface area contributed by atoms with Crippen molar-refractivity contribution < 1.29 is 9.66 Å². The summed E-state index contributed by atoms with van der Waals surface area (Å²) in [4.78, 5) is 14.8. The average Bonchev–Trinajstić information content (AvgIpc) is 3.28. The summed E-state index contributed by atoms with van der Waals surface area (Å²) < 4.78 is 5.83. The predicted molar refractivity (Wildman–Crippen MR) is 128 cm³/mol. The molecule has 0 unspecified atom stereocenters. The number of nitro groups is 1. The molecule has 7 nitrogen and oxygen atoms in total. The van der Waals surface area contributed by atoms with Crippen LogP contribution in [-0.2, 0) is 6.61 Å². The molecule has 0 fully saturated rings. The lowest BCUT2D eigenvalue weighted by atomic mass is 10.1. The molecular weight excluding hydrogens is 448 g/mol. The quantitative estimate of drug-likeness (QED) is 0.185. The van der Waals surface area contributed by atoms with Crippen LogP contribution in [0.25, 0.3) is 11.3 Å². The van der Waals surface area contributed by atoms with E-state index in [1.807, 2.05) is 53.9 Å². The van der Waals surface area contributed by atoms with Crippen molar-refractivity contribution >= 4 is 40.0 Å². The van der Waals surface area contributed by atoms with Crippen molar-refractivity contribution in [2.45, 2.75) is 6.61 Å². The van der Waals surface area contributed by atoms with Crippen LogP contribution in [0.5, 0.6) is 5.75 Å². The number of nitro benzene ring substituents is 1. The van der Waals surface area contributed by atoms with Gasteiger partial charge in [-0.3, -0.25) is 15.5 Å². The summed E-state index contributed by atoms with van der Waals surface area (Å²) in [5, 5.41) is 18.2. The van der Waals surface area contributed by atoms with E-state index in [2.05, 4.69) is 15.5 Å². The number of ether oxygens (including phenoxy) is 1. The molecule has 0 aliphatic rings. The third-order valence-corrected chi connectivity index (χ3v) is 5.58. The van der Waals surface area contributed by atoms with Crippen LogP contribution in [0.3, 0.4) is 0 Å². The van der Waals surface area contributed by atoms with E-state index in [-0.39, 0.29) is 5.69 Å². The van der Waals surface area contributed by atoms with E-state index in [1.165, 1.54) is 23.5 Å². The van der Waals surface area contributed by atoms with Crippen molar-refractivity contribution in [2.24, 2.45) is 5.10 Å². The second kappa shape index (κ2) is 10.0. The van der Waals surface area contributed by atoms with Crippen molar-refractivity contribution in [3.8, 4) is 17.0 Å². The summed E-state index contributed by atoms with van der Waals surface area (Å²) in [5.41, 5.74) is 6.25. The summed E-state index contributed by atoms with van der Waals surface area (Å²) >= 11 is 7.56. The van der Waals surface area contributed by atoms with Crippen LogP contribution in [-0.4, -0.2) is 16.1 Å². The monoisotopic (exact) mass is 464 g/mol. The Bertz CT molecular complexity index is 1260. The molecule has 4 aromatic rings. The van der Waals surface area contributed by atoms with Gasteiger partial charge in [0, 0.05) is 33.7 Å². The molecule has 32 heavy (non-hydrogen) atoms. The number of nitrogens with one attached hydrogen (secondary N) is 1. The Kier molecular flexibility index (Phi) is 6.74. The van der Waals surface area contributed by atoms with Gasteiger partial charge in [-0.15, -0.1) is 11.3 Å². The normalized spacial score (nSPS) is 10.9. The van der Waals surface area contributed by atoms with E-state index in [9.17, 15) is 10.1 Å². The van der Waals surface area contributed by atoms with E-state index < -0.39 is 4.92 Å². The number of anilines is 1. The molecule has 0 spiro atoms. The molecule has 0 aliphatic heterocycles. The zero-order valence-electron chi connectivity index (χ0n) is 16.6. The van der Waals surface area contributed by atoms with Crippen molar-refractivity contribution in [2.75, 3.05) is 5.43 Å². The second-order valence-electron chi connectivity index (χ2n) is 6.66. The minimum atomic E-state index is -0.427. The van der Waals surface area contributed by atoms with Gasteiger partial charge in [0.15, 0.2) is 0 Å². The lowest BCUT2D eigenvalue weighted by molar-refractivity contribution is -0.384. The Morgan fingerprint density at radius 2 is 1.94 bits per heavy atom. The van der Waals surface area contributed by atoms with Gasteiger partial charge in [0.2, 0.25) is 5.13 Å². The smallest absolute Gasteiger partial charge is 0.269 e. The van der Waals surface area contributed by atoms with Crippen molar-refractivity contribution in [1.29, 1.82) is 0 Å². The standard InChI is InChI=1S/C23H17ClN4O3S/c24-21-7-2-1-5-18(21)14-31-20-6-3-4-16(12-20)13-25-27-23-26-22(15-32-23)17-8-10-19(11-9-17)28(29)30/h1-13,15H,14H2,(H,26,27)/b25-13-. The lowest BCUT2D eigenvalue weighted by Crippen LogP contribution is -1.97. The van der Waals surface area contributed by atoms with Crippen LogP contribution in [0, 0.1) is 10.1 Å². The maximum Gasteiger partial charge on any atom is 0.269 e. The average molecular weight is 465 g/mol. The molecule has 9 heteroatoms. The molecule has 1 aromatic heterocycles. The van der Waals surface area contributed by atoms with Crippen molar-refractivity contribution in [1.82, 2.24) is 4.98 Å². The topological polar surface area (TPSA) is 89.7 Å². The van der Waals surface area contributed by atoms with Crippen molar-refractivity contribution in [3.05, 3.63) is 104 Å². The van der Waals surface area contributed by atoms with Gasteiger partial charge in [-0.2, -0.15) is 5.10 Å². The first-order chi connectivity index (χ1) is 15.6. The van der Waals surface area contributed by atoms with E-state index in [4.69, 9.17) is 16.3 Å². The zero-order chi connectivity index (χ0) is 22.3. The SMILES string of the molecule is O=[N+]([O-])c1ccc(-c2csc(N/N=C\c3cccc(OCc4ccccc4Cl)c3)n2)cc1.